The second kappa shape index (κ2) is 5.65. The summed E-state index contributed by atoms with van der Waals surface area (Å²) < 4.78 is 46.6. The zero-order valence-electron chi connectivity index (χ0n) is 9.69. The summed E-state index contributed by atoms with van der Waals surface area (Å²) in [5.41, 5.74) is -1.14. The second-order valence-corrected chi connectivity index (χ2v) is 3.25. The third-order valence-electron chi connectivity index (χ3n) is 1.85. The van der Waals surface area contributed by atoms with Gasteiger partial charge >= 0.3 is 12.1 Å². The number of rotatable bonds is 4. The summed E-state index contributed by atoms with van der Waals surface area (Å²) in [5, 5.41) is 0. The minimum atomic E-state index is -4.59. The predicted octanol–water partition coefficient (Wildman–Crippen LogP) is 1.83. The van der Waals surface area contributed by atoms with Crippen molar-refractivity contribution < 1.29 is 27.4 Å². The van der Waals surface area contributed by atoms with Crippen LogP contribution in [0.15, 0.2) is 12.4 Å². The van der Waals surface area contributed by atoms with E-state index in [1.807, 2.05) is 0 Å². The minimum Gasteiger partial charge on any atom is -0.463 e. The third kappa shape index (κ3) is 3.86. The fraction of sp³-hybridized carbons (Fsp3) is 0.500. The number of carbonyl (C=O) groups excluding carboxylic acids is 1. The van der Waals surface area contributed by atoms with Crippen molar-refractivity contribution in [3.8, 4) is 5.88 Å². The van der Waals surface area contributed by atoms with Crippen LogP contribution in [0.1, 0.15) is 19.5 Å². The molecule has 0 radical (unpaired) electrons. The van der Waals surface area contributed by atoms with Gasteiger partial charge in [-0.05, 0) is 13.8 Å². The molecule has 5 nitrogen and oxygen atoms in total. The van der Waals surface area contributed by atoms with Crippen molar-refractivity contribution in [3.05, 3.63) is 18.1 Å². The smallest absolute Gasteiger partial charge is 0.433 e. The second-order valence-electron chi connectivity index (χ2n) is 3.25. The first-order valence-corrected chi connectivity index (χ1v) is 5.07. The van der Waals surface area contributed by atoms with Gasteiger partial charge in [0.15, 0.2) is 11.8 Å². The van der Waals surface area contributed by atoms with E-state index in [1.165, 1.54) is 6.92 Å². The topological polar surface area (TPSA) is 61.3 Å². The van der Waals surface area contributed by atoms with Crippen LogP contribution in [0, 0.1) is 0 Å². The molecule has 0 N–H and O–H groups in total. The fourth-order valence-electron chi connectivity index (χ4n) is 1.05. The zero-order valence-corrected chi connectivity index (χ0v) is 9.69. The fourth-order valence-corrected chi connectivity index (χ4v) is 1.05. The van der Waals surface area contributed by atoms with Crippen LogP contribution in [0.2, 0.25) is 0 Å². The van der Waals surface area contributed by atoms with Gasteiger partial charge in [0.05, 0.1) is 6.61 Å². The Kier molecular flexibility index (Phi) is 4.46. The third-order valence-corrected chi connectivity index (χ3v) is 1.85. The molecule has 18 heavy (non-hydrogen) atoms. The SMILES string of the molecule is CCOC(=O)C(C)Oc1cc(C(F)(F)F)ncn1. The van der Waals surface area contributed by atoms with Crippen LogP contribution in [0.25, 0.3) is 0 Å². The van der Waals surface area contributed by atoms with E-state index in [-0.39, 0.29) is 12.5 Å². The molecule has 0 saturated heterocycles. The molecule has 0 fully saturated rings. The van der Waals surface area contributed by atoms with Crippen molar-refractivity contribution in [1.82, 2.24) is 9.97 Å². The zero-order chi connectivity index (χ0) is 13.8. The highest BCUT2D eigenvalue weighted by Gasteiger charge is 2.33. The molecule has 0 aliphatic carbocycles. The molecule has 1 heterocycles. The first-order valence-electron chi connectivity index (χ1n) is 5.07. The Balaban J connectivity index is 2.76. The number of halogens is 3. The quantitative estimate of drug-likeness (QED) is 0.776. The van der Waals surface area contributed by atoms with Crippen LogP contribution in [0.4, 0.5) is 13.2 Å². The monoisotopic (exact) mass is 264 g/mol. The van der Waals surface area contributed by atoms with Gasteiger partial charge in [-0.3, -0.25) is 0 Å². The number of nitrogens with zero attached hydrogens (tertiary/aromatic N) is 2. The number of alkyl halides is 3. The summed E-state index contributed by atoms with van der Waals surface area (Å²) in [6.45, 7) is 3.12. The van der Waals surface area contributed by atoms with E-state index in [9.17, 15) is 18.0 Å². The van der Waals surface area contributed by atoms with Crippen LogP contribution in [-0.2, 0) is 15.7 Å². The van der Waals surface area contributed by atoms with E-state index in [0.29, 0.717) is 6.07 Å². The van der Waals surface area contributed by atoms with Crippen molar-refractivity contribution in [2.75, 3.05) is 6.61 Å². The van der Waals surface area contributed by atoms with Gasteiger partial charge in [-0.1, -0.05) is 0 Å². The highest BCUT2D eigenvalue weighted by Crippen LogP contribution is 2.28. The van der Waals surface area contributed by atoms with Crippen LogP contribution < -0.4 is 4.74 Å². The largest absolute Gasteiger partial charge is 0.463 e. The molecule has 1 unspecified atom stereocenters. The van der Waals surface area contributed by atoms with Crippen LogP contribution in [0.5, 0.6) is 5.88 Å². The molecule has 0 aromatic carbocycles. The maximum Gasteiger partial charge on any atom is 0.433 e. The lowest BCUT2D eigenvalue weighted by atomic mass is 10.4. The van der Waals surface area contributed by atoms with Crippen LogP contribution >= 0.6 is 0 Å². The van der Waals surface area contributed by atoms with Gasteiger partial charge in [-0.25, -0.2) is 14.8 Å². The van der Waals surface area contributed by atoms with Crippen molar-refractivity contribution in [2.45, 2.75) is 26.1 Å². The Labute approximate surface area is 101 Å². The molecule has 0 aliphatic rings. The molecule has 1 atom stereocenters. The summed E-state index contributed by atoms with van der Waals surface area (Å²) >= 11 is 0. The number of esters is 1. The molecule has 100 valence electrons. The Morgan fingerprint density at radius 3 is 2.67 bits per heavy atom. The summed E-state index contributed by atoms with van der Waals surface area (Å²) in [4.78, 5) is 17.8. The molecule has 0 amide bonds. The van der Waals surface area contributed by atoms with Gasteiger partial charge in [0, 0.05) is 6.07 Å². The summed E-state index contributed by atoms with van der Waals surface area (Å²) in [7, 11) is 0. The Morgan fingerprint density at radius 1 is 1.44 bits per heavy atom. The Morgan fingerprint density at radius 2 is 2.11 bits per heavy atom. The van der Waals surface area contributed by atoms with Gasteiger partial charge in [0.25, 0.3) is 0 Å². The molecule has 0 saturated carbocycles. The van der Waals surface area contributed by atoms with E-state index >= 15 is 0 Å². The minimum absolute atomic E-state index is 0.157. The summed E-state index contributed by atoms with van der Waals surface area (Å²) in [6, 6.07) is 0.621. The van der Waals surface area contributed by atoms with Gasteiger partial charge < -0.3 is 9.47 Å². The molecular formula is C10H11F3N2O3. The van der Waals surface area contributed by atoms with Crippen LogP contribution in [-0.4, -0.2) is 28.6 Å². The molecular weight excluding hydrogens is 253 g/mol. The van der Waals surface area contributed by atoms with Crippen LogP contribution in [0.3, 0.4) is 0 Å². The van der Waals surface area contributed by atoms with Crippen molar-refractivity contribution >= 4 is 5.97 Å². The van der Waals surface area contributed by atoms with Gasteiger partial charge in [-0.2, -0.15) is 13.2 Å². The van der Waals surface area contributed by atoms with Crippen molar-refractivity contribution in [2.24, 2.45) is 0 Å². The highest BCUT2D eigenvalue weighted by molar-refractivity contribution is 5.74. The number of hydrogen-bond donors (Lipinski definition) is 0. The lowest BCUT2D eigenvalue weighted by Gasteiger charge is -2.13. The van der Waals surface area contributed by atoms with Gasteiger partial charge in [0.1, 0.15) is 6.33 Å². The van der Waals surface area contributed by atoms with E-state index < -0.39 is 23.9 Å². The predicted molar refractivity (Wildman–Crippen MR) is 53.8 cm³/mol. The Bertz CT molecular complexity index is 423. The van der Waals surface area contributed by atoms with Gasteiger partial charge in [0.2, 0.25) is 5.88 Å². The normalized spacial score (nSPS) is 12.9. The first-order chi connectivity index (χ1) is 8.34. The number of hydrogen-bond acceptors (Lipinski definition) is 5. The maximum atomic E-state index is 12.3. The summed E-state index contributed by atoms with van der Waals surface area (Å²) in [5.74, 6) is -1.01. The number of ether oxygens (including phenoxy) is 2. The number of aromatic nitrogens is 2. The molecule has 8 heteroatoms. The highest BCUT2D eigenvalue weighted by atomic mass is 19.4. The van der Waals surface area contributed by atoms with Crippen molar-refractivity contribution in [3.63, 3.8) is 0 Å². The van der Waals surface area contributed by atoms with E-state index in [2.05, 4.69) is 14.7 Å². The van der Waals surface area contributed by atoms with E-state index in [4.69, 9.17) is 4.74 Å². The molecule has 1 rings (SSSR count). The standard InChI is InChI=1S/C10H11F3N2O3/c1-3-17-9(16)6(2)18-8-4-7(10(11,12)13)14-5-15-8/h4-6H,3H2,1-2H3. The van der Waals surface area contributed by atoms with Crippen molar-refractivity contribution in [1.29, 1.82) is 0 Å². The summed E-state index contributed by atoms with van der Waals surface area (Å²) in [6.07, 6.45) is -4.91. The average molecular weight is 264 g/mol. The lowest BCUT2D eigenvalue weighted by molar-refractivity contribution is -0.150. The molecule has 1 aromatic rings. The molecule has 0 aliphatic heterocycles. The van der Waals surface area contributed by atoms with Gasteiger partial charge in [-0.15, -0.1) is 0 Å². The number of carbonyl (C=O) groups is 1. The first kappa shape index (κ1) is 14.2. The molecule has 1 aromatic heterocycles. The Hall–Kier alpha value is -1.86. The molecule has 0 bridgehead atoms. The average Bonchev–Trinajstić information content (AvgIpc) is 2.28. The molecule has 0 spiro atoms. The van der Waals surface area contributed by atoms with E-state index in [1.54, 1.807) is 6.92 Å². The van der Waals surface area contributed by atoms with E-state index in [0.717, 1.165) is 6.33 Å². The lowest BCUT2D eigenvalue weighted by Crippen LogP contribution is -2.26. The maximum absolute atomic E-state index is 12.3.